The van der Waals surface area contributed by atoms with Crippen molar-refractivity contribution in [2.24, 2.45) is 17.3 Å². The Morgan fingerprint density at radius 3 is 2.50 bits per heavy atom. The summed E-state index contributed by atoms with van der Waals surface area (Å²) in [6.07, 6.45) is 0.926. The average Bonchev–Trinajstić information content (AvgIpc) is 3.03. The Morgan fingerprint density at radius 2 is 1.86 bits per heavy atom. The Balaban J connectivity index is 1.66. The predicted molar refractivity (Wildman–Crippen MR) is 111 cm³/mol. The highest BCUT2D eigenvalue weighted by atomic mass is 16.2. The molecular formula is C22H34N4O2. The van der Waals surface area contributed by atoms with E-state index in [1.54, 1.807) is 0 Å². The topological polar surface area (TPSA) is 64.7 Å². The third kappa shape index (κ3) is 4.66. The lowest BCUT2D eigenvalue weighted by atomic mass is 9.71. The second-order valence-corrected chi connectivity index (χ2v) is 8.80. The Morgan fingerprint density at radius 1 is 1.14 bits per heavy atom. The second-order valence-electron chi connectivity index (χ2n) is 8.80. The summed E-state index contributed by atoms with van der Waals surface area (Å²) in [5.41, 5.74) is 1.14. The number of benzene rings is 1. The van der Waals surface area contributed by atoms with Crippen LogP contribution in [0.15, 0.2) is 30.3 Å². The fourth-order valence-electron chi connectivity index (χ4n) is 4.34. The highest BCUT2D eigenvalue weighted by Crippen LogP contribution is 2.44. The molecule has 0 bridgehead atoms. The first kappa shape index (κ1) is 20.6. The lowest BCUT2D eigenvalue weighted by Crippen LogP contribution is -2.65. The molecule has 28 heavy (non-hydrogen) atoms. The van der Waals surface area contributed by atoms with Crippen LogP contribution in [0.25, 0.3) is 0 Å². The van der Waals surface area contributed by atoms with E-state index in [-0.39, 0.29) is 23.3 Å². The van der Waals surface area contributed by atoms with Crippen LogP contribution in [0.5, 0.6) is 0 Å². The zero-order valence-corrected chi connectivity index (χ0v) is 17.4. The van der Waals surface area contributed by atoms with E-state index in [9.17, 15) is 9.59 Å². The third-order valence-electron chi connectivity index (χ3n) is 5.79. The molecule has 2 N–H and O–H groups in total. The minimum Gasteiger partial charge on any atom is -0.356 e. The van der Waals surface area contributed by atoms with Crippen molar-refractivity contribution in [3.05, 3.63) is 35.9 Å². The summed E-state index contributed by atoms with van der Waals surface area (Å²) in [6.45, 7) is 11.4. The molecule has 2 aliphatic rings. The summed E-state index contributed by atoms with van der Waals surface area (Å²) >= 11 is 0. The SMILES string of the molecule is CCCNC(=O)N1CC2(CN(Cc3ccccc3)CC2C(=O)NCC(C)C)C1. The van der Waals surface area contributed by atoms with Crippen LogP contribution >= 0.6 is 0 Å². The molecule has 1 unspecified atom stereocenters. The minimum atomic E-state index is -0.126. The minimum absolute atomic E-state index is 0.00433. The lowest BCUT2D eigenvalue weighted by molar-refractivity contribution is -0.131. The standard InChI is InChI=1S/C22H34N4O2/c1-4-10-23-21(28)26-15-22(16-26)14-25(12-18-8-6-5-7-9-18)13-19(22)20(27)24-11-17(2)3/h5-9,17,19H,4,10-16H2,1-3H3,(H,23,28)(H,24,27). The van der Waals surface area contributed by atoms with E-state index >= 15 is 0 Å². The molecule has 6 nitrogen and oxygen atoms in total. The summed E-state index contributed by atoms with van der Waals surface area (Å²) < 4.78 is 0. The van der Waals surface area contributed by atoms with Gasteiger partial charge in [-0.3, -0.25) is 9.69 Å². The van der Waals surface area contributed by atoms with Gasteiger partial charge in [-0.2, -0.15) is 0 Å². The van der Waals surface area contributed by atoms with E-state index < -0.39 is 0 Å². The van der Waals surface area contributed by atoms with Gasteiger partial charge in [0.25, 0.3) is 0 Å². The molecule has 0 saturated carbocycles. The van der Waals surface area contributed by atoms with Gasteiger partial charge in [0.2, 0.25) is 5.91 Å². The van der Waals surface area contributed by atoms with E-state index in [1.165, 1.54) is 5.56 Å². The van der Waals surface area contributed by atoms with Gasteiger partial charge in [-0.1, -0.05) is 51.1 Å². The molecule has 1 spiro atoms. The highest BCUT2D eigenvalue weighted by molar-refractivity contribution is 5.82. The Kier molecular flexibility index (Phi) is 6.60. The first-order valence-corrected chi connectivity index (χ1v) is 10.5. The van der Waals surface area contributed by atoms with E-state index in [0.29, 0.717) is 32.1 Å². The molecule has 1 aromatic rings. The molecule has 0 aliphatic carbocycles. The van der Waals surface area contributed by atoms with Gasteiger partial charge >= 0.3 is 6.03 Å². The van der Waals surface area contributed by atoms with Crippen LogP contribution in [0.2, 0.25) is 0 Å². The van der Waals surface area contributed by atoms with Crippen LogP contribution in [-0.2, 0) is 11.3 Å². The van der Waals surface area contributed by atoms with Gasteiger partial charge in [0, 0.05) is 51.2 Å². The fraction of sp³-hybridized carbons (Fsp3) is 0.636. The van der Waals surface area contributed by atoms with Gasteiger partial charge in [-0.25, -0.2) is 4.79 Å². The van der Waals surface area contributed by atoms with Crippen LogP contribution < -0.4 is 10.6 Å². The second kappa shape index (κ2) is 8.95. The third-order valence-corrected chi connectivity index (χ3v) is 5.79. The number of carbonyl (C=O) groups is 2. The van der Waals surface area contributed by atoms with Crippen molar-refractivity contribution >= 4 is 11.9 Å². The van der Waals surface area contributed by atoms with Gasteiger partial charge in [-0.05, 0) is 17.9 Å². The Hall–Kier alpha value is -2.08. The molecule has 2 heterocycles. The van der Waals surface area contributed by atoms with Crippen LogP contribution in [-0.4, -0.2) is 61.0 Å². The van der Waals surface area contributed by atoms with Crippen molar-refractivity contribution in [3.63, 3.8) is 0 Å². The summed E-state index contributed by atoms with van der Waals surface area (Å²) in [5.74, 6) is 0.502. The largest absolute Gasteiger partial charge is 0.356 e. The molecule has 6 heteroatoms. The van der Waals surface area contributed by atoms with Crippen molar-refractivity contribution < 1.29 is 9.59 Å². The lowest BCUT2D eigenvalue weighted by Gasteiger charge is -2.50. The number of hydrogen-bond donors (Lipinski definition) is 2. The Labute approximate surface area is 168 Å². The summed E-state index contributed by atoms with van der Waals surface area (Å²) in [4.78, 5) is 29.5. The number of amides is 3. The van der Waals surface area contributed by atoms with Gasteiger partial charge in [0.1, 0.15) is 0 Å². The van der Waals surface area contributed by atoms with Crippen LogP contribution in [0.4, 0.5) is 4.79 Å². The zero-order chi connectivity index (χ0) is 20.1. The van der Waals surface area contributed by atoms with Gasteiger partial charge in [0.15, 0.2) is 0 Å². The molecule has 0 aromatic heterocycles. The summed E-state index contributed by atoms with van der Waals surface area (Å²) in [7, 11) is 0. The predicted octanol–water partition coefficient (Wildman–Crippen LogP) is 2.31. The fourth-order valence-corrected chi connectivity index (χ4v) is 4.34. The van der Waals surface area contributed by atoms with E-state index in [2.05, 4.69) is 53.6 Å². The molecule has 0 radical (unpaired) electrons. The number of nitrogens with zero attached hydrogens (tertiary/aromatic N) is 2. The van der Waals surface area contributed by atoms with Crippen LogP contribution in [0, 0.1) is 17.3 Å². The maximum Gasteiger partial charge on any atom is 0.317 e. The Bertz CT molecular complexity index is 670. The number of urea groups is 1. The zero-order valence-electron chi connectivity index (χ0n) is 17.4. The van der Waals surface area contributed by atoms with E-state index in [4.69, 9.17) is 0 Å². The summed E-state index contributed by atoms with van der Waals surface area (Å²) in [6, 6.07) is 10.4. The molecular weight excluding hydrogens is 352 g/mol. The van der Waals surface area contributed by atoms with Gasteiger partial charge in [0.05, 0.1) is 5.92 Å². The molecule has 2 saturated heterocycles. The number of rotatable bonds is 7. The van der Waals surface area contributed by atoms with Crippen molar-refractivity contribution in [2.45, 2.75) is 33.7 Å². The normalized spacial score (nSPS) is 21.0. The first-order valence-electron chi connectivity index (χ1n) is 10.5. The maximum atomic E-state index is 12.9. The monoisotopic (exact) mass is 386 g/mol. The van der Waals surface area contributed by atoms with Crippen molar-refractivity contribution in [2.75, 3.05) is 39.3 Å². The van der Waals surface area contributed by atoms with Gasteiger partial charge < -0.3 is 15.5 Å². The van der Waals surface area contributed by atoms with Gasteiger partial charge in [-0.15, -0.1) is 0 Å². The summed E-state index contributed by atoms with van der Waals surface area (Å²) in [5, 5.41) is 6.07. The highest BCUT2D eigenvalue weighted by Gasteiger charge is 2.57. The molecule has 2 fully saturated rings. The number of carbonyl (C=O) groups excluding carboxylic acids is 2. The number of hydrogen-bond acceptors (Lipinski definition) is 3. The van der Waals surface area contributed by atoms with E-state index in [0.717, 1.165) is 26.1 Å². The first-order chi connectivity index (χ1) is 13.4. The maximum absolute atomic E-state index is 12.9. The number of nitrogens with one attached hydrogen (secondary N) is 2. The van der Waals surface area contributed by atoms with E-state index in [1.807, 2.05) is 17.9 Å². The molecule has 154 valence electrons. The molecule has 1 aromatic carbocycles. The van der Waals surface area contributed by atoms with Crippen LogP contribution in [0.1, 0.15) is 32.8 Å². The average molecular weight is 387 g/mol. The smallest absolute Gasteiger partial charge is 0.317 e. The van der Waals surface area contributed by atoms with Crippen molar-refractivity contribution in [3.8, 4) is 0 Å². The molecule has 3 amide bonds. The molecule has 1 atom stereocenters. The molecule has 2 aliphatic heterocycles. The quantitative estimate of drug-likeness (QED) is 0.756. The molecule has 3 rings (SSSR count). The van der Waals surface area contributed by atoms with Crippen molar-refractivity contribution in [1.82, 2.24) is 20.4 Å². The van der Waals surface area contributed by atoms with Crippen LogP contribution in [0.3, 0.4) is 0 Å². The van der Waals surface area contributed by atoms with Crippen molar-refractivity contribution in [1.29, 1.82) is 0 Å². The number of likely N-dealkylation sites (tertiary alicyclic amines) is 2.